The predicted molar refractivity (Wildman–Crippen MR) is 122 cm³/mol. The second-order valence-electron chi connectivity index (χ2n) is 7.93. The Bertz CT molecular complexity index is 755. The molecule has 0 aliphatic rings. The molecule has 4 atom stereocenters. The van der Waals surface area contributed by atoms with Crippen LogP contribution in [0.5, 0.6) is 0 Å². The predicted octanol–water partition coefficient (Wildman–Crippen LogP) is -4.18. The second-order valence-corrected chi connectivity index (χ2v) is 7.93. The molecule has 0 saturated heterocycles. The lowest BCUT2D eigenvalue weighted by Crippen LogP contribution is -2.58. The first-order valence-electron chi connectivity index (χ1n) is 10.6. The lowest BCUT2D eigenvalue weighted by molar-refractivity contribution is -0.143. The van der Waals surface area contributed by atoms with Crippen molar-refractivity contribution in [3.8, 4) is 0 Å². The molecule has 194 valence electrons. The molecule has 0 aliphatic carbocycles. The first kappa shape index (κ1) is 30.5. The SMILES string of the molecule is CC(C)C(NC(=O)C(CCC(N)=O)NC(=O)C(N)CCCN=C(N)N)C(=O)NC(CO)C(=O)O. The van der Waals surface area contributed by atoms with Crippen LogP contribution in [0.25, 0.3) is 0 Å². The number of guanidine groups is 1. The van der Waals surface area contributed by atoms with Gasteiger partial charge in [-0.2, -0.15) is 0 Å². The van der Waals surface area contributed by atoms with Gasteiger partial charge in [-0.05, 0) is 25.2 Å². The number of carboxylic acid groups (broad SMARTS) is 1. The summed E-state index contributed by atoms with van der Waals surface area (Å²) in [7, 11) is 0. The molecule has 0 bridgehead atoms. The summed E-state index contributed by atoms with van der Waals surface area (Å²) in [6.07, 6.45) is 0.216. The van der Waals surface area contributed by atoms with Gasteiger partial charge in [0.15, 0.2) is 5.96 Å². The maximum absolute atomic E-state index is 12.8. The number of aliphatic hydroxyl groups is 1. The highest BCUT2D eigenvalue weighted by Gasteiger charge is 2.31. The van der Waals surface area contributed by atoms with Crippen molar-refractivity contribution < 1.29 is 34.2 Å². The molecular weight excluding hydrogens is 452 g/mol. The van der Waals surface area contributed by atoms with Crippen LogP contribution in [0.4, 0.5) is 0 Å². The van der Waals surface area contributed by atoms with E-state index in [0.717, 1.165) is 0 Å². The summed E-state index contributed by atoms with van der Waals surface area (Å²) in [4.78, 5) is 63.9. The fourth-order valence-electron chi connectivity index (χ4n) is 2.72. The fraction of sp³-hybridized carbons (Fsp3) is 0.684. The summed E-state index contributed by atoms with van der Waals surface area (Å²) < 4.78 is 0. The Kier molecular flexibility index (Phi) is 13.8. The van der Waals surface area contributed by atoms with Crippen molar-refractivity contribution in [3.05, 3.63) is 0 Å². The number of carboxylic acids is 1. The zero-order valence-electron chi connectivity index (χ0n) is 19.3. The van der Waals surface area contributed by atoms with Crippen LogP contribution < -0.4 is 38.9 Å². The van der Waals surface area contributed by atoms with Crippen LogP contribution in [-0.2, 0) is 24.0 Å². The Labute approximate surface area is 197 Å². The molecule has 0 radical (unpaired) electrons. The summed E-state index contributed by atoms with van der Waals surface area (Å²) in [5.41, 5.74) is 21.4. The number of aliphatic carboxylic acids is 1. The molecule has 13 N–H and O–H groups in total. The number of nitrogens with one attached hydrogen (secondary N) is 3. The molecule has 0 aromatic carbocycles. The Morgan fingerprint density at radius 1 is 0.882 bits per heavy atom. The molecule has 4 unspecified atom stereocenters. The van der Waals surface area contributed by atoms with E-state index < -0.39 is 66.3 Å². The molecule has 0 spiro atoms. The highest BCUT2D eigenvalue weighted by atomic mass is 16.4. The van der Waals surface area contributed by atoms with Crippen molar-refractivity contribution >= 4 is 35.6 Å². The lowest BCUT2D eigenvalue weighted by atomic mass is 10.0. The molecule has 34 heavy (non-hydrogen) atoms. The molecule has 0 fully saturated rings. The van der Waals surface area contributed by atoms with Gasteiger partial charge in [0.1, 0.15) is 18.1 Å². The van der Waals surface area contributed by atoms with Gasteiger partial charge in [-0.15, -0.1) is 0 Å². The van der Waals surface area contributed by atoms with E-state index in [4.69, 9.17) is 33.1 Å². The van der Waals surface area contributed by atoms with Crippen molar-refractivity contribution in [3.63, 3.8) is 0 Å². The summed E-state index contributed by atoms with van der Waals surface area (Å²) >= 11 is 0. The largest absolute Gasteiger partial charge is 0.480 e. The summed E-state index contributed by atoms with van der Waals surface area (Å²) in [6, 6.07) is -5.00. The smallest absolute Gasteiger partial charge is 0.328 e. The minimum Gasteiger partial charge on any atom is -0.480 e. The maximum Gasteiger partial charge on any atom is 0.328 e. The fourth-order valence-corrected chi connectivity index (χ4v) is 2.72. The molecule has 0 rings (SSSR count). The zero-order valence-corrected chi connectivity index (χ0v) is 19.3. The first-order chi connectivity index (χ1) is 15.8. The summed E-state index contributed by atoms with van der Waals surface area (Å²) in [5.74, 6) is -5.07. The van der Waals surface area contributed by atoms with Gasteiger partial charge >= 0.3 is 5.97 Å². The van der Waals surface area contributed by atoms with E-state index in [1.165, 1.54) is 0 Å². The topological polar surface area (TPSA) is 278 Å². The van der Waals surface area contributed by atoms with Crippen molar-refractivity contribution in [2.24, 2.45) is 33.8 Å². The van der Waals surface area contributed by atoms with Gasteiger partial charge in [-0.3, -0.25) is 24.2 Å². The van der Waals surface area contributed by atoms with E-state index in [9.17, 15) is 24.0 Å². The van der Waals surface area contributed by atoms with Crippen molar-refractivity contribution in [2.75, 3.05) is 13.2 Å². The first-order valence-corrected chi connectivity index (χ1v) is 10.6. The third-order valence-electron chi connectivity index (χ3n) is 4.66. The summed E-state index contributed by atoms with van der Waals surface area (Å²) in [5, 5.41) is 25.1. The van der Waals surface area contributed by atoms with E-state index in [1.54, 1.807) is 13.8 Å². The Balaban J connectivity index is 5.31. The second kappa shape index (κ2) is 15.4. The van der Waals surface area contributed by atoms with Crippen molar-refractivity contribution in [1.82, 2.24) is 16.0 Å². The van der Waals surface area contributed by atoms with Gasteiger partial charge in [0.05, 0.1) is 12.6 Å². The van der Waals surface area contributed by atoms with Crippen LogP contribution in [0, 0.1) is 5.92 Å². The highest BCUT2D eigenvalue weighted by Crippen LogP contribution is 2.06. The zero-order chi connectivity index (χ0) is 26.4. The normalized spacial score (nSPS) is 14.3. The molecular formula is C19H36N8O7. The Morgan fingerprint density at radius 2 is 1.47 bits per heavy atom. The minimum absolute atomic E-state index is 0.0985. The quantitative estimate of drug-likeness (QED) is 0.0573. The molecule has 0 aromatic rings. The van der Waals surface area contributed by atoms with E-state index in [1.807, 2.05) is 0 Å². The van der Waals surface area contributed by atoms with Crippen molar-refractivity contribution in [1.29, 1.82) is 0 Å². The Hall–Kier alpha value is -3.46. The number of hydrogen-bond donors (Lipinski definition) is 9. The van der Waals surface area contributed by atoms with E-state index in [0.29, 0.717) is 6.42 Å². The van der Waals surface area contributed by atoms with Crippen LogP contribution in [0.3, 0.4) is 0 Å². The monoisotopic (exact) mass is 488 g/mol. The number of nitrogens with two attached hydrogens (primary N) is 4. The van der Waals surface area contributed by atoms with Crippen LogP contribution in [0.1, 0.15) is 39.5 Å². The number of primary amides is 1. The van der Waals surface area contributed by atoms with Crippen LogP contribution in [0.2, 0.25) is 0 Å². The number of carbonyl (C=O) groups is 5. The maximum atomic E-state index is 12.8. The third kappa shape index (κ3) is 12.0. The van der Waals surface area contributed by atoms with Crippen LogP contribution in [-0.4, -0.2) is 83.1 Å². The van der Waals surface area contributed by atoms with Gasteiger partial charge < -0.3 is 49.1 Å². The van der Waals surface area contributed by atoms with Gasteiger partial charge in [0.25, 0.3) is 0 Å². The summed E-state index contributed by atoms with van der Waals surface area (Å²) in [6.45, 7) is 2.61. The number of amides is 4. The number of hydrogen-bond acceptors (Lipinski definition) is 8. The number of nitrogens with zero attached hydrogens (tertiary/aromatic N) is 1. The molecule has 0 aliphatic heterocycles. The Morgan fingerprint density at radius 3 is 1.94 bits per heavy atom. The van der Waals surface area contributed by atoms with Gasteiger partial charge in [-0.1, -0.05) is 13.8 Å². The lowest BCUT2D eigenvalue weighted by Gasteiger charge is -2.26. The van der Waals surface area contributed by atoms with E-state index >= 15 is 0 Å². The molecule has 0 aromatic heterocycles. The average molecular weight is 489 g/mol. The van der Waals surface area contributed by atoms with E-state index in [2.05, 4.69) is 20.9 Å². The van der Waals surface area contributed by atoms with E-state index in [-0.39, 0.29) is 31.8 Å². The van der Waals surface area contributed by atoms with Gasteiger partial charge in [0, 0.05) is 13.0 Å². The number of aliphatic hydroxyl groups excluding tert-OH is 1. The van der Waals surface area contributed by atoms with Gasteiger partial charge in [-0.25, -0.2) is 4.79 Å². The standard InChI is InChI=1S/C19H36N8O7/c1-9(2)14(17(32)26-12(8-28)18(33)34)27-16(31)11(5-6-13(21)29)25-15(30)10(20)4-3-7-24-19(22)23/h9-12,14,28H,3-8,20H2,1-2H3,(H2,21,29)(H,25,30)(H,26,32)(H,27,31)(H,33,34)(H4,22,23,24). The third-order valence-corrected chi connectivity index (χ3v) is 4.66. The molecule has 4 amide bonds. The molecule has 0 saturated carbocycles. The molecule has 0 heterocycles. The van der Waals surface area contributed by atoms with Crippen LogP contribution >= 0.6 is 0 Å². The van der Waals surface area contributed by atoms with Crippen molar-refractivity contribution in [2.45, 2.75) is 63.7 Å². The average Bonchev–Trinajstić information content (AvgIpc) is 2.74. The van der Waals surface area contributed by atoms with Crippen LogP contribution in [0.15, 0.2) is 4.99 Å². The number of aliphatic imine (C=N–C) groups is 1. The molecule has 15 nitrogen and oxygen atoms in total. The molecule has 15 heteroatoms. The van der Waals surface area contributed by atoms with Gasteiger partial charge in [0.2, 0.25) is 23.6 Å². The highest BCUT2D eigenvalue weighted by molar-refractivity contribution is 5.94. The number of rotatable bonds is 16. The minimum atomic E-state index is -1.56. The number of carbonyl (C=O) groups excluding carboxylic acids is 4.